The molecule has 1 aliphatic heterocycles. The molecule has 0 bridgehead atoms. The number of halogens is 3. The predicted molar refractivity (Wildman–Crippen MR) is 74.2 cm³/mol. The molecule has 5 nitrogen and oxygen atoms in total. The van der Waals surface area contributed by atoms with Crippen molar-refractivity contribution in [2.75, 3.05) is 19.6 Å². The number of carbonyl (C=O) groups excluding carboxylic acids is 2. The number of carbonyl (C=O) groups is 2. The molecule has 2 amide bonds. The van der Waals surface area contributed by atoms with Gasteiger partial charge in [-0.1, -0.05) is 0 Å². The summed E-state index contributed by atoms with van der Waals surface area (Å²) in [5, 5.41) is 5.54. The number of hydrogen-bond acceptors (Lipinski definition) is 4. The third-order valence-corrected chi connectivity index (χ3v) is 4.36. The Balaban J connectivity index is 1.72. The summed E-state index contributed by atoms with van der Waals surface area (Å²) in [6.45, 7) is 0.375. The Morgan fingerprint density at radius 3 is 2.59 bits per heavy atom. The van der Waals surface area contributed by atoms with Crippen LogP contribution < -0.4 is 5.32 Å². The van der Waals surface area contributed by atoms with Crippen LogP contribution in [0.3, 0.4) is 0 Å². The second-order valence-electron chi connectivity index (χ2n) is 5.03. The van der Waals surface area contributed by atoms with Crippen LogP contribution in [0.15, 0.2) is 11.6 Å². The Labute approximate surface area is 129 Å². The molecule has 9 heteroatoms. The van der Waals surface area contributed by atoms with Gasteiger partial charge in [0.2, 0.25) is 5.91 Å². The molecule has 0 atom stereocenters. The van der Waals surface area contributed by atoms with Crippen molar-refractivity contribution in [3.63, 3.8) is 0 Å². The topological polar surface area (TPSA) is 62.3 Å². The van der Waals surface area contributed by atoms with E-state index in [9.17, 15) is 22.8 Å². The molecule has 0 spiro atoms. The van der Waals surface area contributed by atoms with Crippen molar-refractivity contribution in [2.45, 2.75) is 25.4 Å². The smallest absolute Gasteiger partial charge is 0.355 e. The first kappa shape index (κ1) is 16.7. The van der Waals surface area contributed by atoms with E-state index in [1.54, 1.807) is 6.20 Å². The number of likely N-dealkylation sites (tertiary alicyclic amines) is 1. The number of rotatable bonds is 4. The zero-order chi connectivity index (χ0) is 16.2. The van der Waals surface area contributed by atoms with Gasteiger partial charge in [0.1, 0.15) is 0 Å². The molecule has 1 saturated heterocycles. The maximum atomic E-state index is 12.3. The molecular formula is C13H16F3N3O2S. The van der Waals surface area contributed by atoms with Crippen LogP contribution in [-0.2, 0) is 16.0 Å². The molecule has 1 aromatic heterocycles. The molecule has 0 saturated carbocycles. The molecule has 2 heterocycles. The first-order valence-corrected chi connectivity index (χ1v) is 7.78. The van der Waals surface area contributed by atoms with Crippen molar-refractivity contribution in [2.24, 2.45) is 5.92 Å². The van der Waals surface area contributed by atoms with Crippen LogP contribution in [-0.4, -0.2) is 47.5 Å². The van der Waals surface area contributed by atoms with Gasteiger partial charge in [-0.2, -0.15) is 13.2 Å². The largest absolute Gasteiger partial charge is 0.471 e. The van der Waals surface area contributed by atoms with Crippen LogP contribution in [0.5, 0.6) is 0 Å². The summed E-state index contributed by atoms with van der Waals surface area (Å²) in [7, 11) is 0. The summed E-state index contributed by atoms with van der Waals surface area (Å²) in [5.74, 6) is -2.33. The quantitative estimate of drug-likeness (QED) is 0.909. The second-order valence-corrected chi connectivity index (χ2v) is 6.01. The van der Waals surface area contributed by atoms with Crippen molar-refractivity contribution in [3.05, 3.63) is 16.6 Å². The lowest BCUT2D eigenvalue weighted by molar-refractivity contribution is -0.186. The first-order valence-electron chi connectivity index (χ1n) is 6.90. The van der Waals surface area contributed by atoms with Gasteiger partial charge in [-0.3, -0.25) is 9.59 Å². The normalized spacial score (nSPS) is 16.6. The summed E-state index contributed by atoms with van der Waals surface area (Å²) in [6, 6.07) is 0. The lowest BCUT2D eigenvalue weighted by Crippen LogP contribution is -2.47. The van der Waals surface area contributed by atoms with Gasteiger partial charge >= 0.3 is 12.1 Å². The van der Waals surface area contributed by atoms with Gasteiger partial charge in [0, 0.05) is 43.5 Å². The van der Waals surface area contributed by atoms with Gasteiger partial charge in [0.25, 0.3) is 0 Å². The highest BCUT2D eigenvalue weighted by molar-refractivity contribution is 7.09. The number of nitrogens with one attached hydrogen (secondary N) is 1. The van der Waals surface area contributed by atoms with E-state index in [0.29, 0.717) is 13.0 Å². The van der Waals surface area contributed by atoms with Crippen molar-refractivity contribution < 1.29 is 22.8 Å². The Bertz CT molecular complexity index is 511. The monoisotopic (exact) mass is 335 g/mol. The Kier molecular flexibility index (Phi) is 5.38. The fourth-order valence-corrected chi connectivity index (χ4v) is 2.96. The number of hydrogen-bond donors (Lipinski definition) is 1. The average Bonchev–Trinajstić information content (AvgIpc) is 2.99. The predicted octanol–water partition coefficient (Wildman–Crippen LogP) is 1.60. The van der Waals surface area contributed by atoms with Crippen molar-refractivity contribution in [1.82, 2.24) is 15.2 Å². The summed E-state index contributed by atoms with van der Waals surface area (Å²) < 4.78 is 36.9. The number of piperidine rings is 1. The molecule has 0 unspecified atom stereocenters. The van der Waals surface area contributed by atoms with E-state index in [0.717, 1.165) is 9.91 Å². The van der Waals surface area contributed by atoms with Crippen molar-refractivity contribution in [3.8, 4) is 0 Å². The zero-order valence-corrected chi connectivity index (χ0v) is 12.5. The summed E-state index contributed by atoms with van der Waals surface area (Å²) in [4.78, 5) is 27.9. The summed E-state index contributed by atoms with van der Waals surface area (Å²) in [5.41, 5.74) is 0. The number of thiazole rings is 1. The number of alkyl halides is 3. The van der Waals surface area contributed by atoms with E-state index < -0.39 is 12.1 Å². The van der Waals surface area contributed by atoms with Crippen LogP contribution >= 0.6 is 11.3 Å². The third-order valence-electron chi connectivity index (χ3n) is 3.52. The van der Waals surface area contributed by atoms with Crippen LogP contribution in [0.2, 0.25) is 0 Å². The minimum Gasteiger partial charge on any atom is -0.355 e. The number of nitrogens with zero attached hydrogens (tertiary/aromatic N) is 2. The second kappa shape index (κ2) is 7.08. The highest BCUT2D eigenvalue weighted by atomic mass is 32.1. The van der Waals surface area contributed by atoms with Crippen LogP contribution in [0.1, 0.15) is 17.8 Å². The lowest BCUT2D eigenvalue weighted by atomic mass is 9.96. The van der Waals surface area contributed by atoms with Gasteiger partial charge in [-0.15, -0.1) is 11.3 Å². The van der Waals surface area contributed by atoms with Crippen molar-refractivity contribution in [1.29, 1.82) is 0 Å². The molecule has 22 heavy (non-hydrogen) atoms. The Morgan fingerprint density at radius 2 is 2.05 bits per heavy atom. The molecule has 1 aliphatic rings. The molecule has 0 radical (unpaired) electrons. The molecule has 0 aliphatic carbocycles. The lowest BCUT2D eigenvalue weighted by Gasteiger charge is -2.31. The molecule has 122 valence electrons. The minimum atomic E-state index is -4.84. The van der Waals surface area contributed by atoms with E-state index in [1.807, 2.05) is 5.38 Å². The van der Waals surface area contributed by atoms with Gasteiger partial charge < -0.3 is 10.2 Å². The highest BCUT2D eigenvalue weighted by Crippen LogP contribution is 2.23. The van der Waals surface area contributed by atoms with E-state index in [-0.39, 0.29) is 37.8 Å². The zero-order valence-electron chi connectivity index (χ0n) is 11.7. The molecule has 2 rings (SSSR count). The molecule has 1 N–H and O–H groups in total. The maximum Gasteiger partial charge on any atom is 0.471 e. The summed E-state index contributed by atoms with van der Waals surface area (Å²) in [6.07, 6.45) is -2.01. The van der Waals surface area contributed by atoms with E-state index in [1.165, 1.54) is 11.3 Å². The minimum absolute atomic E-state index is 0.0388. The number of aromatic nitrogens is 1. The number of amides is 2. The standard InChI is InChI=1S/C13H16F3N3O2S/c14-13(15,16)12(21)19-6-2-9(3-7-19)11(20)18-4-1-10-17-5-8-22-10/h5,8-9H,1-4,6-7H2,(H,18,20). The maximum absolute atomic E-state index is 12.3. The van der Waals surface area contributed by atoms with Gasteiger partial charge in [0.05, 0.1) is 5.01 Å². The van der Waals surface area contributed by atoms with Crippen LogP contribution in [0, 0.1) is 5.92 Å². The Hall–Kier alpha value is -1.64. The van der Waals surface area contributed by atoms with E-state index in [2.05, 4.69) is 10.3 Å². The van der Waals surface area contributed by atoms with Gasteiger partial charge in [0.15, 0.2) is 0 Å². The van der Waals surface area contributed by atoms with E-state index >= 15 is 0 Å². The fraction of sp³-hybridized carbons (Fsp3) is 0.615. The first-order chi connectivity index (χ1) is 10.4. The highest BCUT2D eigenvalue weighted by Gasteiger charge is 2.43. The average molecular weight is 335 g/mol. The van der Waals surface area contributed by atoms with Gasteiger partial charge in [-0.05, 0) is 12.8 Å². The van der Waals surface area contributed by atoms with Crippen LogP contribution in [0.25, 0.3) is 0 Å². The molecular weight excluding hydrogens is 319 g/mol. The fourth-order valence-electron chi connectivity index (χ4n) is 2.34. The van der Waals surface area contributed by atoms with E-state index in [4.69, 9.17) is 0 Å². The summed E-state index contributed by atoms with van der Waals surface area (Å²) >= 11 is 1.50. The van der Waals surface area contributed by atoms with Crippen LogP contribution in [0.4, 0.5) is 13.2 Å². The van der Waals surface area contributed by atoms with Gasteiger partial charge in [-0.25, -0.2) is 4.98 Å². The Morgan fingerprint density at radius 1 is 1.36 bits per heavy atom. The third kappa shape index (κ3) is 4.43. The molecule has 1 fully saturated rings. The van der Waals surface area contributed by atoms with Crippen molar-refractivity contribution >= 4 is 23.2 Å². The molecule has 0 aromatic carbocycles. The SMILES string of the molecule is O=C(NCCc1nccs1)C1CCN(C(=O)C(F)(F)F)CC1. The molecule has 1 aromatic rings.